The van der Waals surface area contributed by atoms with E-state index in [-0.39, 0.29) is 11.8 Å². The predicted molar refractivity (Wildman–Crippen MR) is 90.5 cm³/mol. The maximum absolute atomic E-state index is 12.4. The van der Waals surface area contributed by atoms with Crippen LogP contribution in [-0.4, -0.2) is 41.9 Å². The molecule has 2 rings (SSSR count). The zero-order valence-corrected chi connectivity index (χ0v) is 13.9. The first-order valence-electron chi connectivity index (χ1n) is 7.86. The molecule has 6 nitrogen and oxygen atoms in total. The molecule has 0 aliphatic heterocycles. The largest absolute Gasteiger partial charge is 0.481 e. The van der Waals surface area contributed by atoms with Crippen molar-refractivity contribution in [3.05, 3.63) is 42.0 Å². The Kier molecular flexibility index (Phi) is 5.73. The third-order valence-corrected chi connectivity index (χ3v) is 4.16. The molecule has 24 heavy (non-hydrogen) atoms. The molecule has 0 radical (unpaired) electrons. The number of hydrogen-bond acceptors (Lipinski definition) is 3. The summed E-state index contributed by atoms with van der Waals surface area (Å²) in [7, 11) is 3.41. The number of hydrogen-bond donors (Lipinski definition) is 2. The van der Waals surface area contributed by atoms with Crippen molar-refractivity contribution < 1.29 is 19.5 Å². The summed E-state index contributed by atoms with van der Waals surface area (Å²) in [5, 5.41) is 12.0. The molecule has 0 saturated heterocycles. The molecular formula is C18H22N2O4. The van der Waals surface area contributed by atoms with E-state index < -0.39 is 17.8 Å². The molecular weight excluding hydrogens is 308 g/mol. The number of amides is 2. The molecule has 1 aromatic rings. The van der Waals surface area contributed by atoms with Crippen molar-refractivity contribution >= 4 is 23.5 Å². The van der Waals surface area contributed by atoms with Gasteiger partial charge in [0, 0.05) is 19.8 Å². The monoisotopic (exact) mass is 330 g/mol. The normalized spacial score (nSPS) is 19.6. The first kappa shape index (κ1) is 17.7. The van der Waals surface area contributed by atoms with E-state index in [0.29, 0.717) is 24.9 Å². The van der Waals surface area contributed by atoms with E-state index in [0.717, 1.165) is 5.56 Å². The van der Waals surface area contributed by atoms with Gasteiger partial charge in [-0.05, 0) is 30.5 Å². The highest BCUT2D eigenvalue weighted by Gasteiger charge is 2.33. The predicted octanol–water partition coefficient (Wildman–Crippen LogP) is 1.92. The van der Waals surface area contributed by atoms with Gasteiger partial charge in [0.05, 0.1) is 18.3 Å². The SMILES string of the molecule is CN(C)C(=O)Cc1ccc(NC(=O)[C@H]2CC=CC[C@@H]2C(=O)O)cc1. The van der Waals surface area contributed by atoms with Gasteiger partial charge in [0.1, 0.15) is 0 Å². The Balaban J connectivity index is 2.00. The van der Waals surface area contributed by atoms with Gasteiger partial charge in [-0.3, -0.25) is 14.4 Å². The molecule has 2 atom stereocenters. The molecule has 1 aliphatic rings. The third-order valence-electron chi connectivity index (χ3n) is 4.16. The van der Waals surface area contributed by atoms with Crippen LogP contribution in [0.25, 0.3) is 0 Å². The van der Waals surface area contributed by atoms with Gasteiger partial charge in [0.25, 0.3) is 0 Å². The van der Waals surface area contributed by atoms with E-state index in [1.807, 2.05) is 6.08 Å². The zero-order valence-electron chi connectivity index (χ0n) is 13.9. The van der Waals surface area contributed by atoms with Crippen LogP contribution in [-0.2, 0) is 20.8 Å². The lowest BCUT2D eigenvalue weighted by Crippen LogP contribution is -2.34. The molecule has 0 unspecified atom stereocenters. The number of nitrogens with zero attached hydrogens (tertiary/aromatic N) is 1. The van der Waals surface area contributed by atoms with Gasteiger partial charge in [-0.25, -0.2) is 0 Å². The highest BCUT2D eigenvalue weighted by molar-refractivity contribution is 5.95. The molecule has 1 aromatic carbocycles. The summed E-state index contributed by atoms with van der Waals surface area (Å²) < 4.78 is 0. The lowest BCUT2D eigenvalue weighted by atomic mass is 9.82. The van der Waals surface area contributed by atoms with Crippen molar-refractivity contribution in [2.24, 2.45) is 11.8 Å². The van der Waals surface area contributed by atoms with Crippen LogP contribution < -0.4 is 5.32 Å². The number of allylic oxidation sites excluding steroid dienone is 2. The van der Waals surface area contributed by atoms with Gasteiger partial charge in [0.15, 0.2) is 0 Å². The molecule has 1 aliphatic carbocycles. The van der Waals surface area contributed by atoms with E-state index in [4.69, 9.17) is 0 Å². The highest BCUT2D eigenvalue weighted by Crippen LogP contribution is 2.27. The number of benzene rings is 1. The molecule has 0 heterocycles. The smallest absolute Gasteiger partial charge is 0.307 e. The molecule has 0 aromatic heterocycles. The first-order chi connectivity index (χ1) is 11.4. The molecule has 2 amide bonds. The minimum atomic E-state index is -0.947. The maximum Gasteiger partial charge on any atom is 0.307 e. The zero-order chi connectivity index (χ0) is 17.7. The summed E-state index contributed by atoms with van der Waals surface area (Å²) in [6.45, 7) is 0. The minimum Gasteiger partial charge on any atom is -0.481 e. The van der Waals surface area contributed by atoms with Crippen LogP contribution >= 0.6 is 0 Å². The lowest BCUT2D eigenvalue weighted by molar-refractivity contribution is -0.146. The van der Waals surface area contributed by atoms with Crippen molar-refractivity contribution in [1.29, 1.82) is 0 Å². The summed E-state index contributed by atoms with van der Waals surface area (Å²) >= 11 is 0. The number of carbonyl (C=O) groups is 3. The molecule has 128 valence electrons. The molecule has 0 bridgehead atoms. The second-order valence-corrected chi connectivity index (χ2v) is 6.15. The Labute approximate surface area is 141 Å². The number of carboxylic acids is 1. The highest BCUT2D eigenvalue weighted by atomic mass is 16.4. The maximum atomic E-state index is 12.4. The Morgan fingerprint density at radius 2 is 1.67 bits per heavy atom. The second-order valence-electron chi connectivity index (χ2n) is 6.15. The molecule has 0 saturated carbocycles. The van der Waals surface area contributed by atoms with Crippen molar-refractivity contribution in [2.45, 2.75) is 19.3 Å². The Morgan fingerprint density at radius 3 is 2.21 bits per heavy atom. The Morgan fingerprint density at radius 1 is 1.08 bits per heavy atom. The Bertz CT molecular complexity index is 649. The van der Waals surface area contributed by atoms with E-state index in [1.165, 1.54) is 4.90 Å². The first-order valence-corrected chi connectivity index (χ1v) is 7.86. The van der Waals surface area contributed by atoms with Crippen LogP contribution in [0.1, 0.15) is 18.4 Å². The van der Waals surface area contributed by atoms with Crippen molar-refractivity contribution in [1.82, 2.24) is 4.90 Å². The van der Waals surface area contributed by atoms with Crippen LogP contribution in [0.2, 0.25) is 0 Å². The number of carboxylic acid groups (broad SMARTS) is 1. The van der Waals surface area contributed by atoms with E-state index in [2.05, 4.69) is 5.32 Å². The average Bonchev–Trinajstić information content (AvgIpc) is 2.56. The van der Waals surface area contributed by atoms with Gasteiger partial charge in [-0.15, -0.1) is 0 Å². The van der Waals surface area contributed by atoms with Crippen LogP contribution in [0, 0.1) is 11.8 Å². The van der Waals surface area contributed by atoms with E-state index in [9.17, 15) is 19.5 Å². The fourth-order valence-corrected chi connectivity index (χ4v) is 2.65. The quantitative estimate of drug-likeness (QED) is 0.808. The van der Waals surface area contributed by atoms with E-state index in [1.54, 1.807) is 44.4 Å². The number of carbonyl (C=O) groups excluding carboxylic acids is 2. The average molecular weight is 330 g/mol. The third kappa shape index (κ3) is 4.44. The van der Waals surface area contributed by atoms with Crippen molar-refractivity contribution in [3.8, 4) is 0 Å². The number of likely N-dealkylation sites (N-methyl/N-ethyl adjacent to an activating group) is 1. The minimum absolute atomic E-state index is 0.00470. The van der Waals surface area contributed by atoms with Crippen LogP contribution in [0.5, 0.6) is 0 Å². The van der Waals surface area contributed by atoms with Crippen molar-refractivity contribution in [3.63, 3.8) is 0 Å². The van der Waals surface area contributed by atoms with Crippen LogP contribution in [0.15, 0.2) is 36.4 Å². The van der Waals surface area contributed by atoms with Gasteiger partial charge >= 0.3 is 5.97 Å². The number of nitrogens with one attached hydrogen (secondary N) is 1. The fourth-order valence-electron chi connectivity index (χ4n) is 2.65. The number of anilines is 1. The van der Waals surface area contributed by atoms with Crippen LogP contribution in [0.3, 0.4) is 0 Å². The summed E-state index contributed by atoms with van der Waals surface area (Å²) in [6.07, 6.45) is 4.76. The summed E-state index contributed by atoms with van der Waals surface area (Å²) in [4.78, 5) is 36.8. The molecule has 0 spiro atoms. The van der Waals surface area contributed by atoms with Crippen molar-refractivity contribution in [2.75, 3.05) is 19.4 Å². The fraction of sp³-hybridized carbons (Fsp3) is 0.389. The van der Waals surface area contributed by atoms with E-state index >= 15 is 0 Å². The molecule has 2 N–H and O–H groups in total. The summed E-state index contributed by atoms with van der Waals surface area (Å²) in [6, 6.07) is 7.02. The van der Waals surface area contributed by atoms with Gasteiger partial charge < -0.3 is 15.3 Å². The topological polar surface area (TPSA) is 86.7 Å². The lowest BCUT2D eigenvalue weighted by Gasteiger charge is -2.24. The number of rotatable bonds is 5. The Hall–Kier alpha value is -2.63. The van der Waals surface area contributed by atoms with Gasteiger partial charge in [-0.1, -0.05) is 24.3 Å². The molecule has 0 fully saturated rings. The summed E-state index contributed by atoms with van der Waals surface area (Å²) in [5.41, 5.74) is 1.45. The van der Waals surface area contributed by atoms with Crippen LogP contribution in [0.4, 0.5) is 5.69 Å². The number of aliphatic carboxylic acids is 1. The molecule has 6 heteroatoms. The van der Waals surface area contributed by atoms with Gasteiger partial charge in [-0.2, -0.15) is 0 Å². The second kappa shape index (κ2) is 7.77. The summed E-state index contributed by atoms with van der Waals surface area (Å²) in [5.74, 6) is -2.49. The standard InChI is InChI=1S/C18H22N2O4/c1-20(2)16(21)11-12-7-9-13(10-8-12)19-17(22)14-5-3-4-6-15(14)18(23)24/h3-4,7-10,14-15H,5-6,11H2,1-2H3,(H,19,22)(H,23,24)/t14-,15-/m0/s1. The van der Waals surface area contributed by atoms with Gasteiger partial charge in [0.2, 0.25) is 11.8 Å².